The first-order chi connectivity index (χ1) is 19.0. The van der Waals surface area contributed by atoms with Gasteiger partial charge in [0, 0.05) is 17.2 Å². The van der Waals surface area contributed by atoms with Gasteiger partial charge in [0.25, 0.3) is 0 Å². The molecule has 1 unspecified atom stereocenters. The molecule has 39 heavy (non-hydrogen) atoms. The van der Waals surface area contributed by atoms with E-state index in [1.54, 1.807) is 39.5 Å². The van der Waals surface area contributed by atoms with Crippen LogP contribution in [0.1, 0.15) is 18.9 Å². The van der Waals surface area contributed by atoms with Gasteiger partial charge in [-0.25, -0.2) is 4.98 Å². The number of methoxy groups -OCH3 is 3. The van der Waals surface area contributed by atoms with Crippen LogP contribution in [0, 0.1) is 11.3 Å². The standard InChI is InChI=1S/C31H29N3O4S/c1-5-29(30(35)33-27-17-23(37-3)15-16-28(27)38-4)39-31-25(19-32)24(20-11-13-22(36-2)14-12-20)18-26(34-31)21-9-7-6-8-10-21/h6-18,29H,5H2,1-4H3,(H,33,35). The van der Waals surface area contributed by atoms with Crippen molar-refractivity contribution in [3.05, 3.63) is 84.4 Å². The molecule has 0 bridgehead atoms. The number of anilines is 1. The van der Waals surface area contributed by atoms with Crippen LogP contribution in [0.4, 0.5) is 5.69 Å². The normalized spacial score (nSPS) is 11.3. The maximum Gasteiger partial charge on any atom is 0.238 e. The van der Waals surface area contributed by atoms with Crippen LogP contribution in [0.2, 0.25) is 0 Å². The molecule has 4 rings (SSSR count). The molecule has 1 heterocycles. The molecule has 1 aromatic heterocycles. The number of amides is 1. The molecule has 8 heteroatoms. The van der Waals surface area contributed by atoms with Crippen molar-refractivity contribution in [2.45, 2.75) is 23.6 Å². The number of nitriles is 1. The van der Waals surface area contributed by atoms with Crippen molar-refractivity contribution in [1.82, 2.24) is 4.98 Å². The SMILES string of the molecule is CCC(Sc1nc(-c2ccccc2)cc(-c2ccc(OC)cc2)c1C#N)C(=O)Nc1cc(OC)ccc1OC. The van der Waals surface area contributed by atoms with Gasteiger partial charge >= 0.3 is 0 Å². The molecule has 0 fully saturated rings. The lowest BCUT2D eigenvalue weighted by Crippen LogP contribution is -2.25. The van der Waals surface area contributed by atoms with Crippen LogP contribution < -0.4 is 19.5 Å². The number of aromatic nitrogens is 1. The van der Waals surface area contributed by atoms with Gasteiger partial charge < -0.3 is 19.5 Å². The molecule has 0 saturated heterocycles. The van der Waals surface area contributed by atoms with Crippen molar-refractivity contribution in [2.75, 3.05) is 26.6 Å². The molecule has 0 spiro atoms. The predicted molar refractivity (Wildman–Crippen MR) is 154 cm³/mol. The van der Waals surface area contributed by atoms with Crippen molar-refractivity contribution in [3.8, 4) is 45.7 Å². The van der Waals surface area contributed by atoms with E-state index in [-0.39, 0.29) is 5.91 Å². The third-order valence-corrected chi connectivity index (χ3v) is 7.50. The van der Waals surface area contributed by atoms with Gasteiger partial charge in [-0.2, -0.15) is 5.26 Å². The molecular weight excluding hydrogens is 510 g/mol. The first kappa shape index (κ1) is 27.6. The maximum atomic E-state index is 13.4. The number of thioether (sulfide) groups is 1. The van der Waals surface area contributed by atoms with Crippen molar-refractivity contribution in [2.24, 2.45) is 0 Å². The number of benzene rings is 3. The Morgan fingerprint density at radius 3 is 2.23 bits per heavy atom. The summed E-state index contributed by atoms with van der Waals surface area (Å²) in [5.74, 6) is 1.61. The Kier molecular flexibility index (Phi) is 9.08. The fourth-order valence-electron chi connectivity index (χ4n) is 4.05. The third-order valence-electron chi connectivity index (χ3n) is 6.15. The minimum absolute atomic E-state index is 0.226. The quantitative estimate of drug-likeness (QED) is 0.221. The van der Waals surface area contributed by atoms with Crippen LogP contribution in [0.25, 0.3) is 22.4 Å². The topological polar surface area (TPSA) is 93.5 Å². The molecule has 1 atom stereocenters. The number of hydrogen-bond donors (Lipinski definition) is 1. The van der Waals surface area contributed by atoms with Crippen molar-refractivity contribution >= 4 is 23.4 Å². The fraction of sp³-hybridized carbons (Fsp3) is 0.194. The first-order valence-corrected chi connectivity index (χ1v) is 13.2. The number of pyridine rings is 1. The second-order valence-electron chi connectivity index (χ2n) is 8.51. The summed E-state index contributed by atoms with van der Waals surface area (Å²) < 4.78 is 16.0. The van der Waals surface area contributed by atoms with Crippen LogP contribution >= 0.6 is 11.8 Å². The molecule has 3 aromatic carbocycles. The largest absolute Gasteiger partial charge is 0.497 e. The van der Waals surface area contributed by atoms with Gasteiger partial charge in [0.2, 0.25) is 5.91 Å². The summed E-state index contributed by atoms with van der Waals surface area (Å²) >= 11 is 1.27. The summed E-state index contributed by atoms with van der Waals surface area (Å²) in [4.78, 5) is 18.3. The van der Waals surface area contributed by atoms with Crippen molar-refractivity contribution < 1.29 is 19.0 Å². The number of carbonyl (C=O) groups is 1. The first-order valence-electron chi connectivity index (χ1n) is 12.4. The Balaban J connectivity index is 1.75. The van der Waals surface area contributed by atoms with E-state index < -0.39 is 5.25 Å². The van der Waals surface area contributed by atoms with Gasteiger partial charge in [-0.05, 0) is 42.3 Å². The Morgan fingerprint density at radius 2 is 1.62 bits per heavy atom. The van der Waals surface area contributed by atoms with E-state index in [1.165, 1.54) is 11.8 Å². The van der Waals surface area contributed by atoms with Gasteiger partial charge in [0.05, 0.1) is 43.5 Å². The maximum absolute atomic E-state index is 13.4. The molecular formula is C31H29N3O4S. The van der Waals surface area contributed by atoms with Gasteiger partial charge in [0.1, 0.15) is 28.3 Å². The molecule has 0 aliphatic heterocycles. The third kappa shape index (κ3) is 6.33. The molecule has 0 radical (unpaired) electrons. The smallest absolute Gasteiger partial charge is 0.238 e. The molecule has 198 valence electrons. The molecule has 1 N–H and O–H groups in total. The second-order valence-corrected chi connectivity index (χ2v) is 9.70. The second kappa shape index (κ2) is 12.9. The van der Waals surface area contributed by atoms with E-state index in [4.69, 9.17) is 19.2 Å². The fourth-order valence-corrected chi connectivity index (χ4v) is 5.08. The van der Waals surface area contributed by atoms with E-state index >= 15 is 0 Å². The molecule has 7 nitrogen and oxygen atoms in total. The Bertz CT molecular complexity index is 1480. The Morgan fingerprint density at radius 1 is 0.923 bits per heavy atom. The predicted octanol–water partition coefficient (Wildman–Crippen LogP) is 6.82. The lowest BCUT2D eigenvalue weighted by Gasteiger charge is -2.18. The van der Waals surface area contributed by atoms with E-state index in [0.717, 1.165) is 22.4 Å². The summed E-state index contributed by atoms with van der Waals surface area (Å²) in [6.07, 6.45) is 0.517. The van der Waals surface area contributed by atoms with E-state index in [0.29, 0.717) is 39.9 Å². The Labute approximate surface area is 232 Å². The average Bonchev–Trinajstić information content (AvgIpc) is 2.99. The minimum atomic E-state index is -0.518. The summed E-state index contributed by atoms with van der Waals surface area (Å²) in [6, 6.07) is 26.8. The summed E-state index contributed by atoms with van der Waals surface area (Å²) in [6.45, 7) is 1.93. The van der Waals surface area contributed by atoms with Crippen molar-refractivity contribution in [3.63, 3.8) is 0 Å². The van der Waals surface area contributed by atoms with E-state index in [1.807, 2.05) is 67.6 Å². The highest BCUT2D eigenvalue weighted by atomic mass is 32.2. The van der Waals surface area contributed by atoms with E-state index in [2.05, 4.69) is 11.4 Å². The lowest BCUT2D eigenvalue weighted by molar-refractivity contribution is -0.115. The monoisotopic (exact) mass is 539 g/mol. The van der Waals surface area contributed by atoms with Gasteiger partial charge in [-0.15, -0.1) is 0 Å². The number of ether oxygens (including phenoxy) is 3. The van der Waals surface area contributed by atoms with E-state index in [9.17, 15) is 10.1 Å². The molecule has 0 aliphatic rings. The zero-order chi connectivity index (χ0) is 27.8. The van der Waals surface area contributed by atoms with Crippen LogP contribution in [-0.2, 0) is 4.79 Å². The van der Waals surface area contributed by atoms with Crippen molar-refractivity contribution in [1.29, 1.82) is 5.26 Å². The number of nitrogens with one attached hydrogen (secondary N) is 1. The zero-order valence-corrected chi connectivity index (χ0v) is 23.0. The lowest BCUT2D eigenvalue weighted by atomic mass is 9.99. The molecule has 1 amide bonds. The number of hydrogen-bond acceptors (Lipinski definition) is 7. The van der Waals surface area contributed by atoms with Crippen LogP contribution in [0.3, 0.4) is 0 Å². The molecule has 4 aromatic rings. The van der Waals surface area contributed by atoms with Gasteiger partial charge in [0.15, 0.2) is 0 Å². The Hall–Kier alpha value is -4.48. The minimum Gasteiger partial charge on any atom is -0.497 e. The van der Waals surface area contributed by atoms with Crippen LogP contribution in [0.15, 0.2) is 83.9 Å². The number of nitrogens with zero attached hydrogens (tertiary/aromatic N) is 2. The van der Waals surface area contributed by atoms with Crippen LogP contribution in [0.5, 0.6) is 17.2 Å². The molecule has 0 saturated carbocycles. The highest BCUT2D eigenvalue weighted by molar-refractivity contribution is 8.00. The number of rotatable bonds is 10. The average molecular weight is 540 g/mol. The highest BCUT2D eigenvalue weighted by Crippen LogP contribution is 2.37. The summed E-state index contributed by atoms with van der Waals surface area (Å²) in [7, 11) is 4.72. The van der Waals surface area contributed by atoms with Gasteiger partial charge in [-0.3, -0.25) is 4.79 Å². The summed E-state index contributed by atoms with van der Waals surface area (Å²) in [5.41, 5.74) is 4.14. The van der Waals surface area contributed by atoms with Crippen LogP contribution in [-0.4, -0.2) is 37.5 Å². The number of carbonyl (C=O) groups excluding carboxylic acids is 1. The molecule has 0 aliphatic carbocycles. The highest BCUT2D eigenvalue weighted by Gasteiger charge is 2.24. The zero-order valence-electron chi connectivity index (χ0n) is 22.2. The van der Waals surface area contributed by atoms with Gasteiger partial charge in [-0.1, -0.05) is 61.2 Å². The summed E-state index contributed by atoms with van der Waals surface area (Å²) in [5, 5.41) is 13.2.